The first-order valence-electron chi connectivity index (χ1n) is 5.31. The Kier molecular flexibility index (Phi) is 10.3. The van der Waals surface area contributed by atoms with Crippen LogP contribution in [0.15, 0.2) is 0 Å². The summed E-state index contributed by atoms with van der Waals surface area (Å²) >= 11 is 8.91. The van der Waals surface area contributed by atoms with Gasteiger partial charge in [0.05, 0.1) is 0 Å². The first-order valence-corrected chi connectivity index (χ1v) is 6.17. The Morgan fingerprint density at radius 3 is 2.00 bits per heavy atom. The van der Waals surface area contributed by atoms with Crippen LogP contribution >= 0.6 is 24.8 Å². The fourth-order valence-corrected chi connectivity index (χ4v) is 1.63. The van der Waals surface area contributed by atoms with Crippen LogP contribution in [0.5, 0.6) is 0 Å². The number of thiol groups is 1. The number of nitrogens with one attached hydrogen (secondary N) is 1. The zero-order valence-corrected chi connectivity index (χ0v) is 10.6. The number of hydrogen-bond acceptors (Lipinski definition) is 3. The molecule has 5 heteroatoms. The summed E-state index contributed by atoms with van der Waals surface area (Å²) in [5.74, 6) is -0.296. The summed E-state index contributed by atoms with van der Waals surface area (Å²) in [4.78, 5) is 10.6. The van der Waals surface area contributed by atoms with Crippen molar-refractivity contribution in [3.05, 3.63) is 0 Å². The van der Waals surface area contributed by atoms with E-state index in [4.69, 9.17) is 17.4 Å². The summed E-state index contributed by atoms with van der Waals surface area (Å²) in [6, 6.07) is 0. The molecule has 88 valence electrons. The van der Waals surface area contributed by atoms with Gasteiger partial charge in [0.2, 0.25) is 5.91 Å². The molecule has 0 bridgehead atoms. The van der Waals surface area contributed by atoms with Crippen molar-refractivity contribution >= 4 is 35.0 Å². The van der Waals surface area contributed by atoms with E-state index in [2.05, 4.69) is 12.6 Å². The molecule has 0 heterocycles. The Bertz CT molecular complexity index is 198. The molecule has 0 spiro atoms. The van der Waals surface area contributed by atoms with Crippen molar-refractivity contribution < 1.29 is 10.0 Å². The molecule has 0 unspecified atom stereocenters. The SMILES string of the molecule is O=C(CCCCCCCCC(=S)S)NO. The first-order chi connectivity index (χ1) is 7.16. The Morgan fingerprint density at radius 1 is 1.07 bits per heavy atom. The lowest BCUT2D eigenvalue weighted by Crippen LogP contribution is -2.17. The summed E-state index contributed by atoms with van der Waals surface area (Å²) in [6.07, 6.45) is 7.82. The predicted octanol–water partition coefficient (Wildman–Crippen LogP) is 2.87. The van der Waals surface area contributed by atoms with Crippen LogP contribution in [0.4, 0.5) is 0 Å². The number of unbranched alkanes of at least 4 members (excludes halogenated alkanes) is 5. The first kappa shape index (κ1) is 14.9. The highest BCUT2D eigenvalue weighted by Gasteiger charge is 1.98. The van der Waals surface area contributed by atoms with Gasteiger partial charge < -0.3 is 0 Å². The molecule has 2 N–H and O–H groups in total. The molecular weight excluding hydrogens is 230 g/mol. The standard InChI is InChI=1S/C10H19NO2S2/c12-9(11-13)7-5-3-1-2-4-6-8-10(14)15/h13H,1-8H2,(H,11,12)(H,14,15). The number of carbonyl (C=O) groups excluding carboxylic acids is 1. The quantitative estimate of drug-likeness (QED) is 0.194. The number of hydroxylamine groups is 1. The van der Waals surface area contributed by atoms with Gasteiger partial charge in [0.25, 0.3) is 0 Å². The molecule has 3 nitrogen and oxygen atoms in total. The van der Waals surface area contributed by atoms with E-state index in [1.807, 2.05) is 0 Å². The van der Waals surface area contributed by atoms with Gasteiger partial charge in [-0.1, -0.05) is 37.9 Å². The van der Waals surface area contributed by atoms with Crippen LogP contribution in [0.3, 0.4) is 0 Å². The molecule has 0 radical (unpaired) electrons. The van der Waals surface area contributed by atoms with E-state index < -0.39 is 0 Å². The van der Waals surface area contributed by atoms with Crippen LogP contribution in [0, 0.1) is 0 Å². The highest BCUT2D eigenvalue weighted by molar-refractivity contribution is 8.11. The van der Waals surface area contributed by atoms with Crippen molar-refractivity contribution in [1.29, 1.82) is 0 Å². The van der Waals surface area contributed by atoms with Gasteiger partial charge >= 0.3 is 0 Å². The van der Waals surface area contributed by atoms with Gasteiger partial charge in [-0.3, -0.25) is 10.0 Å². The summed E-state index contributed by atoms with van der Waals surface area (Å²) in [6.45, 7) is 0. The van der Waals surface area contributed by atoms with Gasteiger partial charge in [-0.05, 0) is 19.3 Å². The normalized spacial score (nSPS) is 10.0. The topological polar surface area (TPSA) is 49.3 Å². The molecule has 0 atom stereocenters. The number of amides is 1. The minimum atomic E-state index is -0.296. The lowest BCUT2D eigenvalue weighted by atomic mass is 10.1. The van der Waals surface area contributed by atoms with Gasteiger partial charge in [-0.15, -0.1) is 12.6 Å². The summed E-state index contributed by atoms with van der Waals surface area (Å²) in [5.41, 5.74) is 1.63. The summed E-state index contributed by atoms with van der Waals surface area (Å²) in [5, 5.41) is 8.24. The maximum Gasteiger partial charge on any atom is 0.243 e. The van der Waals surface area contributed by atoms with Gasteiger partial charge in [0, 0.05) is 10.6 Å². The fourth-order valence-electron chi connectivity index (χ4n) is 1.32. The zero-order valence-electron chi connectivity index (χ0n) is 8.87. The zero-order chi connectivity index (χ0) is 11.5. The molecule has 0 rings (SSSR count). The average molecular weight is 249 g/mol. The van der Waals surface area contributed by atoms with Crippen molar-refractivity contribution in [3.8, 4) is 0 Å². The van der Waals surface area contributed by atoms with Crippen LogP contribution in [-0.2, 0) is 4.79 Å². The molecule has 0 aromatic carbocycles. The van der Waals surface area contributed by atoms with E-state index in [1.165, 1.54) is 12.8 Å². The third-order valence-electron chi connectivity index (χ3n) is 2.17. The highest BCUT2D eigenvalue weighted by atomic mass is 32.1. The Hall–Kier alpha value is -0.130. The van der Waals surface area contributed by atoms with Crippen LogP contribution in [0.25, 0.3) is 0 Å². The van der Waals surface area contributed by atoms with Crippen molar-refractivity contribution in [2.75, 3.05) is 0 Å². The predicted molar refractivity (Wildman–Crippen MR) is 68.4 cm³/mol. The van der Waals surface area contributed by atoms with E-state index in [9.17, 15) is 4.79 Å². The van der Waals surface area contributed by atoms with E-state index in [1.54, 1.807) is 5.48 Å². The van der Waals surface area contributed by atoms with Gasteiger partial charge in [-0.25, -0.2) is 5.48 Å². The Morgan fingerprint density at radius 2 is 1.53 bits per heavy atom. The number of carbonyl (C=O) groups is 1. The van der Waals surface area contributed by atoms with Crippen LogP contribution < -0.4 is 5.48 Å². The summed E-state index contributed by atoms with van der Waals surface area (Å²) in [7, 11) is 0. The Labute approximate surface area is 102 Å². The minimum Gasteiger partial charge on any atom is -0.289 e. The van der Waals surface area contributed by atoms with Crippen molar-refractivity contribution in [2.45, 2.75) is 51.4 Å². The molecule has 0 aliphatic heterocycles. The van der Waals surface area contributed by atoms with E-state index in [0.29, 0.717) is 6.42 Å². The van der Waals surface area contributed by atoms with E-state index in [-0.39, 0.29) is 5.91 Å². The maximum atomic E-state index is 10.6. The minimum absolute atomic E-state index is 0.296. The molecule has 0 aliphatic carbocycles. The number of thiocarbonyl (C=S) groups is 1. The Balaban J connectivity index is 3.05. The van der Waals surface area contributed by atoms with Gasteiger partial charge in [0.1, 0.15) is 0 Å². The van der Waals surface area contributed by atoms with E-state index in [0.717, 1.165) is 36.3 Å². The molecule has 0 saturated heterocycles. The van der Waals surface area contributed by atoms with E-state index >= 15 is 0 Å². The van der Waals surface area contributed by atoms with Crippen LogP contribution in [0.1, 0.15) is 51.4 Å². The highest BCUT2D eigenvalue weighted by Crippen LogP contribution is 2.09. The molecule has 0 saturated carbocycles. The molecule has 0 aromatic rings. The number of rotatable bonds is 9. The van der Waals surface area contributed by atoms with Crippen molar-refractivity contribution in [2.24, 2.45) is 0 Å². The number of hydrogen-bond donors (Lipinski definition) is 3. The molecule has 0 fully saturated rings. The smallest absolute Gasteiger partial charge is 0.243 e. The van der Waals surface area contributed by atoms with Crippen molar-refractivity contribution in [1.82, 2.24) is 5.48 Å². The molecule has 1 amide bonds. The second kappa shape index (κ2) is 10.4. The van der Waals surface area contributed by atoms with Gasteiger partial charge in [0.15, 0.2) is 0 Å². The molecule has 0 aromatic heterocycles. The second-order valence-corrected chi connectivity index (χ2v) is 4.89. The third kappa shape index (κ3) is 11.8. The van der Waals surface area contributed by atoms with Crippen LogP contribution in [-0.4, -0.2) is 15.3 Å². The maximum absolute atomic E-state index is 10.6. The lowest BCUT2D eigenvalue weighted by molar-refractivity contribution is -0.129. The monoisotopic (exact) mass is 249 g/mol. The largest absolute Gasteiger partial charge is 0.289 e. The fraction of sp³-hybridized carbons (Fsp3) is 0.800. The average Bonchev–Trinajstić information content (AvgIpc) is 2.21. The molecule has 15 heavy (non-hydrogen) atoms. The van der Waals surface area contributed by atoms with Crippen molar-refractivity contribution in [3.63, 3.8) is 0 Å². The molecular formula is C10H19NO2S2. The lowest BCUT2D eigenvalue weighted by Gasteiger charge is -2.01. The third-order valence-corrected chi connectivity index (χ3v) is 2.60. The van der Waals surface area contributed by atoms with Crippen LogP contribution in [0.2, 0.25) is 0 Å². The second-order valence-electron chi connectivity index (χ2n) is 3.55. The summed E-state index contributed by atoms with van der Waals surface area (Å²) < 4.78 is 0.787. The molecule has 0 aliphatic rings. The van der Waals surface area contributed by atoms with Gasteiger partial charge in [-0.2, -0.15) is 0 Å².